The van der Waals surface area contributed by atoms with E-state index in [0.29, 0.717) is 17.9 Å². The molecule has 0 bridgehead atoms. The number of hydrogen-bond donors (Lipinski definition) is 1. The molecule has 1 rings (SSSR count). The van der Waals surface area contributed by atoms with Crippen LogP contribution in [0.3, 0.4) is 0 Å². The number of carbonyl (C=O) groups excluding carboxylic acids is 2. The van der Waals surface area contributed by atoms with E-state index in [2.05, 4.69) is 6.92 Å². The molecule has 1 amide bonds. The van der Waals surface area contributed by atoms with Crippen molar-refractivity contribution in [2.24, 2.45) is 5.73 Å². The van der Waals surface area contributed by atoms with Gasteiger partial charge in [-0.25, -0.2) is 0 Å². The van der Waals surface area contributed by atoms with Gasteiger partial charge >= 0.3 is 0 Å². The zero-order chi connectivity index (χ0) is 15.0. The summed E-state index contributed by atoms with van der Waals surface area (Å²) in [6, 6.07) is 7.00. The third-order valence-corrected chi connectivity index (χ3v) is 2.97. The van der Waals surface area contributed by atoms with Crippen LogP contribution in [-0.4, -0.2) is 43.3 Å². The summed E-state index contributed by atoms with van der Waals surface area (Å²) in [5, 5.41) is 0. The first-order chi connectivity index (χ1) is 9.56. The lowest BCUT2D eigenvalue weighted by Crippen LogP contribution is -2.38. The highest BCUT2D eigenvalue weighted by molar-refractivity contribution is 5.98. The number of hydrogen-bond acceptors (Lipinski definition) is 4. The summed E-state index contributed by atoms with van der Waals surface area (Å²) in [7, 11) is 1.56. The van der Waals surface area contributed by atoms with Gasteiger partial charge in [0, 0.05) is 5.56 Å². The standard InChI is InChI=1S/C15H22N2O3/c1-3-4-8-17(11-15(16)19)10-14(18)12-6-5-7-13(9-12)20-2/h5-7,9H,3-4,8,10-11H2,1-2H3,(H2,16,19). The molecule has 0 saturated heterocycles. The molecule has 0 aromatic heterocycles. The second-order valence-corrected chi connectivity index (χ2v) is 4.69. The maximum Gasteiger partial charge on any atom is 0.231 e. The number of primary amides is 1. The van der Waals surface area contributed by atoms with Crippen LogP contribution in [0.25, 0.3) is 0 Å². The summed E-state index contributed by atoms with van der Waals surface area (Å²) in [6.07, 6.45) is 1.93. The number of methoxy groups -OCH3 is 1. The zero-order valence-corrected chi connectivity index (χ0v) is 12.1. The first-order valence-corrected chi connectivity index (χ1v) is 6.74. The Hall–Kier alpha value is -1.88. The van der Waals surface area contributed by atoms with Crippen molar-refractivity contribution in [1.82, 2.24) is 4.90 Å². The van der Waals surface area contributed by atoms with Crippen LogP contribution >= 0.6 is 0 Å². The monoisotopic (exact) mass is 278 g/mol. The fraction of sp³-hybridized carbons (Fsp3) is 0.467. The van der Waals surface area contributed by atoms with Crippen LogP contribution in [0.4, 0.5) is 0 Å². The average molecular weight is 278 g/mol. The second kappa shape index (κ2) is 8.32. The third kappa shape index (κ3) is 5.40. The minimum absolute atomic E-state index is 0.0405. The van der Waals surface area contributed by atoms with Crippen LogP contribution in [0.5, 0.6) is 5.75 Å². The number of nitrogens with zero attached hydrogens (tertiary/aromatic N) is 1. The van der Waals surface area contributed by atoms with E-state index in [9.17, 15) is 9.59 Å². The Bertz CT molecular complexity index is 460. The first kappa shape index (κ1) is 16.2. The van der Waals surface area contributed by atoms with Gasteiger partial charge in [-0.15, -0.1) is 0 Å². The molecular formula is C15H22N2O3. The van der Waals surface area contributed by atoms with E-state index in [1.54, 1.807) is 36.3 Å². The molecule has 0 radical (unpaired) electrons. The maximum absolute atomic E-state index is 12.2. The molecule has 1 aromatic carbocycles. The molecule has 0 spiro atoms. The topological polar surface area (TPSA) is 72.6 Å². The van der Waals surface area contributed by atoms with Crippen molar-refractivity contribution < 1.29 is 14.3 Å². The lowest BCUT2D eigenvalue weighted by Gasteiger charge is -2.19. The van der Waals surface area contributed by atoms with Crippen molar-refractivity contribution in [3.05, 3.63) is 29.8 Å². The molecule has 0 saturated carbocycles. The molecule has 0 aliphatic rings. The molecule has 0 aliphatic heterocycles. The van der Waals surface area contributed by atoms with Crippen LogP contribution in [-0.2, 0) is 4.79 Å². The highest BCUT2D eigenvalue weighted by Gasteiger charge is 2.14. The van der Waals surface area contributed by atoms with Gasteiger partial charge < -0.3 is 10.5 Å². The highest BCUT2D eigenvalue weighted by atomic mass is 16.5. The summed E-state index contributed by atoms with van der Waals surface area (Å²) < 4.78 is 5.10. The van der Waals surface area contributed by atoms with Crippen LogP contribution in [0.2, 0.25) is 0 Å². The lowest BCUT2D eigenvalue weighted by molar-refractivity contribution is -0.119. The summed E-state index contributed by atoms with van der Waals surface area (Å²) in [5.74, 6) is 0.187. The van der Waals surface area contributed by atoms with Gasteiger partial charge in [0.2, 0.25) is 5.91 Å². The van der Waals surface area contributed by atoms with Crippen molar-refractivity contribution in [2.45, 2.75) is 19.8 Å². The minimum Gasteiger partial charge on any atom is -0.497 e. The molecule has 1 aromatic rings. The van der Waals surface area contributed by atoms with Gasteiger partial charge in [-0.05, 0) is 25.1 Å². The SMILES string of the molecule is CCCCN(CC(N)=O)CC(=O)c1cccc(OC)c1. The number of ether oxygens (including phenoxy) is 1. The number of nitrogens with two attached hydrogens (primary N) is 1. The molecule has 0 atom stereocenters. The van der Waals surface area contributed by atoms with E-state index in [4.69, 9.17) is 10.5 Å². The molecule has 110 valence electrons. The average Bonchev–Trinajstić information content (AvgIpc) is 2.44. The van der Waals surface area contributed by atoms with Crippen molar-refractivity contribution in [2.75, 3.05) is 26.7 Å². The van der Waals surface area contributed by atoms with Crippen LogP contribution in [0.1, 0.15) is 30.1 Å². The Morgan fingerprint density at radius 2 is 2.05 bits per heavy atom. The van der Waals surface area contributed by atoms with E-state index in [-0.39, 0.29) is 18.9 Å². The quantitative estimate of drug-likeness (QED) is 0.694. The first-order valence-electron chi connectivity index (χ1n) is 6.74. The highest BCUT2D eigenvalue weighted by Crippen LogP contribution is 2.13. The minimum atomic E-state index is -0.417. The van der Waals surface area contributed by atoms with E-state index in [1.807, 2.05) is 0 Å². The smallest absolute Gasteiger partial charge is 0.231 e. The molecule has 0 aliphatic carbocycles. The molecule has 20 heavy (non-hydrogen) atoms. The number of unbranched alkanes of at least 4 members (excludes halogenated alkanes) is 1. The van der Waals surface area contributed by atoms with Crippen molar-refractivity contribution in [1.29, 1.82) is 0 Å². The Morgan fingerprint density at radius 3 is 2.65 bits per heavy atom. The normalized spacial score (nSPS) is 10.6. The summed E-state index contributed by atoms with van der Waals surface area (Å²) in [4.78, 5) is 25.0. The fourth-order valence-corrected chi connectivity index (χ4v) is 1.91. The Morgan fingerprint density at radius 1 is 1.30 bits per heavy atom. The number of Topliss-reactive ketones (excluding diaryl/α,β-unsaturated/α-hetero) is 1. The van der Waals surface area contributed by atoms with E-state index >= 15 is 0 Å². The van der Waals surface area contributed by atoms with Gasteiger partial charge in [-0.2, -0.15) is 0 Å². The number of carbonyl (C=O) groups is 2. The molecule has 5 heteroatoms. The molecule has 0 heterocycles. The Balaban J connectivity index is 2.70. The predicted octanol–water partition coefficient (Wildman–Crippen LogP) is 1.47. The summed E-state index contributed by atoms with van der Waals surface area (Å²) in [6.45, 7) is 3.05. The van der Waals surface area contributed by atoms with Gasteiger partial charge in [0.15, 0.2) is 5.78 Å². The van der Waals surface area contributed by atoms with E-state index < -0.39 is 5.91 Å². The number of ketones is 1. The zero-order valence-electron chi connectivity index (χ0n) is 12.1. The van der Waals surface area contributed by atoms with Crippen LogP contribution in [0.15, 0.2) is 24.3 Å². The van der Waals surface area contributed by atoms with Gasteiger partial charge in [-0.3, -0.25) is 14.5 Å². The van der Waals surface area contributed by atoms with Gasteiger partial charge in [0.05, 0.1) is 20.2 Å². The Labute approximate surface area is 119 Å². The fourth-order valence-electron chi connectivity index (χ4n) is 1.91. The van der Waals surface area contributed by atoms with E-state index in [0.717, 1.165) is 12.8 Å². The molecular weight excluding hydrogens is 256 g/mol. The predicted molar refractivity (Wildman–Crippen MR) is 77.9 cm³/mol. The molecule has 5 nitrogen and oxygen atoms in total. The van der Waals surface area contributed by atoms with E-state index in [1.165, 1.54) is 0 Å². The van der Waals surface area contributed by atoms with Crippen LogP contribution in [0, 0.1) is 0 Å². The molecule has 0 fully saturated rings. The van der Waals surface area contributed by atoms with Crippen molar-refractivity contribution in [3.63, 3.8) is 0 Å². The van der Waals surface area contributed by atoms with Gasteiger partial charge in [0.1, 0.15) is 5.75 Å². The number of amides is 1. The molecule has 0 unspecified atom stereocenters. The second-order valence-electron chi connectivity index (χ2n) is 4.69. The third-order valence-electron chi connectivity index (χ3n) is 2.97. The Kier molecular flexibility index (Phi) is 6.73. The summed E-state index contributed by atoms with van der Waals surface area (Å²) >= 11 is 0. The number of benzene rings is 1. The maximum atomic E-state index is 12.2. The number of rotatable bonds is 9. The van der Waals surface area contributed by atoms with Gasteiger partial charge in [0.25, 0.3) is 0 Å². The van der Waals surface area contributed by atoms with Crippen LogP contribution < -0.4 is 10.5 Å². The summed E-state index contributed by atoms with van der Waals surface area (Å²) in [5.41, 5.74) is 5.79. The van der Waals surface area contributed by atoms with Gasteiger partial charge in [-0.1, -0.05) is 25.5 Å². The van der Waals surface area contributed by atoms with Crippen molar-refractivity contribution in [3.8, 4) is 5.75 Å². The molecule has 2 N–H and O–H groups in total. The largest absolute Gasteiger partial charge is 0.497 e. The lowest BCUT2D eigenvalue weighted by atomic mass is 10.1. The van der Waals surface area contributed by atoms with Crippen molar-refractivity contribution >= 4 is 11.7 Å².